The van der Waals surface area contributed by atoms with E-state index >= 15 is 0 Å². The molecule has 6 heteroatoms. The van der Waals surface area contributed by atoms with Crippen LogP contribution in [0.2, 0.25) is 0 Å². The molecule has 0 spiro atoms. The summed E-state index contributed by atoms with van der Waals surface area (Å²) < 4.78 is 7.40. The molecule has 170 valence electrons. The number of aromatic nitrogens is 2. The van der Waals surface area contributed by atoms with Crippen LogP contribution in [-0.4, -0.2) is 22.6 Å². The van der Waals surface area contributed by atoms with Gasteiger partial charge in [-0.05, 0) is 60.5 Å². The lowest BCUT2D eigenvalue weighted by atomic mass is 10.1. The van der Waals surface area contributed by atoms with E-state index in [1.165, 1.54) is 5.56 Å². The molecule has 6 nitrogen and oxygen atoms in total. The van der Waals surface area contributed by atoms with Gasteiger partial charge in [0.25, 0.3) is 5.91 Å². The number of carbonyl (C=O) groups excluding carboxylic acids is 1. The van der Waals surface area contributed by atoms with Crippen molar-refractivity contribution in [2.75, 3.05) is 12.4 Å². The van der Waals surface area contributed by atoms with Gasteiger partial charge in [0.2, 0.25) is 0 Å². The van der Waals surface area contributed by atoms with Gasteiger partial charge in [-0.3, -0.25) is 4.79 Å². The quantitative estimate of drug-likeness (QED) is 0.291. The fraction of sp³-hybridized carbons (Fsp3) is 0.107. The summed E-state index contributed by atoms with van der Waals surface area (Å²) in [5.74, 6) is 1.32. The van der Waals surface area contributed by atoms with Gasteiger partial charge in [-0.1, -0.05) is 42.0 Å². The number of ether oxygens (including phenoxy) is 1. The molecule has 3 aromatic carbocycles. The highest BCUT2D eigenvalue weighted by Crippen LogP contribution is 2.33. The van der Waals surface area contributed by atoms with E-state index < -0.39 is 5.91 Å². The molecule has 5 aromatic rings. The number of aromatic amines is 1. The summed E-state index contributed by atoms with van der Waals surface area (Å²) in [6.45, 7) is 2.77. The molecule has 34 heavy (non-hydrogen) atoms. The largest absolute Gasteiger partial charge is 0.497 e. The smallest absolute Gasteiger partial charge is 0.250 e. The minimum absolute atomic E-state index is 0.461. The number of carbonyl (C=O) groups is 1. The van der Waals surface area contributed by atoms with Gasteiger partial charge in [-0.2, -0.15) is 0 Å². The van der Waals surface area contributed by atoms with Crippen molar-refractivity contribution in [3.8, 4) is 17.0 Å². The van der Waals surface area contributed by atoms with Crippen LogP contribution >= 0.6 is 0 Å². The van der Waals surface area contributed by atoms with Crippen molar-refractivity contribution in [3.63, 3.8) is 0 Å². The van der Waals surface area contributed by atoms with Crippen molar-refractivity contribution in [1.82, 2.24) is 9.55 Å². The predicted octanol–water partition coefficient (Wildman–Crippen LogP) is 5.84. The molecule has 0 bridgehead atoms. The number of H-pyrrole nitrogens is 1. The Morgan fingerprint density at radius 2 is 1.79 bits per heavy atom. The Hall–Kier alpha value is -4.45. The number of rotatable bonds is 7. The van der Waals surface area contributed by atoms with Crippen molar-refractivity contribution in [1.29, 1.82) is 0 Å². The number of hydrogen-bond acceptors (Lipinski definition) is 3. The van der Waals surface area contributed by atoms with Crippen LogP contribution in [0.4, 0.5) is 11.5 Å². The van der Waals surface area contributed by atoms with Crippen LogP contribution in [0.25, 0.3) is 22.2 Å². The summed E-state index contributed by atoms with van der Waals surface area (Å²) in [6, 6.07) is 26.1. The number of anilines is 2. The topological polar surface area (TPSA) is 85.1 Å². The second-order valence-corrected chi connectivity index (χ2v) is 8.36. The van der Waals surface area contributed by atoms with E-state index in [0.717, 1.165) is 45.0 Å². The highest BCUT2D eigenvalue weighted by molar-refractivity contribution is 6.10. The molecule has 0 aliphatic carbocycles. The number of fused-ring (bicyclic) bond motifs is 1. The standard InChI is InChI=1S/C28H26N4O2/c1-18-5-9-20(10-6-18)25-16-23-24(14-13-22(28(29)33)27(23)31-25)30-26-4-3-15-32(26)17-19-7-11-21(34-2)12-8-19/h3-16,30-31H,17H2,1-2H3,(H2,29,33). The maximum atomic E-state index is 12.1. The zero-order valence-electron chi connectivity index (χ0n) is 19.1. The van der Waals surface area contributed by atoms with Crippen LogP contribution in [0.1, 0.15) is 21.5 Å². The Bertz CT molecular complexity index is 1460. The summed E-state index contributed by atoms with van der Waals surface area (Å²) in [6.07, 6.45) is 2.04. The first-order chi connectivity index (χ1) is 16.5. The van der Waals surface area contributed by atoms with Gasteiger partial charge < -0.3 is 25.3 Å². The molecule has 2 aromatic heterocycles. The Morgan fingerprint density at radius 3 is 2.50 bits per heavy atom. The second-order valence-electron chi connectivity index (χ2n) is 8.36. The third-order valence-electron chi connectivity index (χ3n) is 6.03. The molecule has 2 heterocycles. The maximum Gasteiger partial charge on any atom is 0.250 e. The zero-order valence-corrected chi connectivity index (χ0v) is 19.1. The number of nitrogens with two attached hydrogens (primary N) is 1. The molecule has 4 N–H and O–H groups in total. The summed E-state index contributed by atoms with van der Waals surface area (Å²) in [5, 5.41) is 4.45. The van der Waals surface area contributed by atoms with Crippen LogP contribution in [-0.2, 0) is 6.54 Å². The minimum atomic E-state index is -0.461. The van der Waals surface area contributed by atoms with E-state index in [2.05, 4.69) is 64.3 Å². The second kappa shape index (κ2) is 8.83. The molecular weight excluding hydrogens is 424 g/mol. The Morgan fingerprint density at radius 1 is 1.03 bits per heavy atom. The molecule has 0 atom stereocenters. The van der Waals surface area contributed by atoms with Crippen LogP contribution in [0, 0.1) is 6.92 Å². The number of amides is 1. The number of nitrogens with zero attached hydrogens (tertiary/aromatic N) is 1. The number of primary amides is 1. The lowest BCUT2D eigenvalue weighted by Crippen LogP contribution is -2.12. The van der Waals surface area contributed by atoms with Crippen LogP contribution < -0.4 is 15.8 Å². The fourth-order valence-electron chi connectivity index (χ4n) is 4.15. The average Bonchev–Trinajstić information content (AvgIpc) is 3.47. The van der Waals surface area contributed by atoms with Gasteiger partial charge in [0, 0.05) is 29.5 Å². The first-order valence-corrected chi connectivity index (χ1v) is 11.1. The lowest BCUT2D eigenvalue weighted by molar-refractivity contribution is 0.100. The number of aryl methyl sites for hydroxylation is 1. The van der Waals surface area contributed by atoms with Gasteiger partial charge in [-0.15, -0.1) is 0 Å². The van der Waals surface area contributed by atoms with E-state index in [0.29, 0.717) is 12.1 Å². The van der Waals surface area contributed by atoms with Gasteiger partial charge in [0.05, 0.1) is 18.2 Å². The van der Waals surface area contributed by atoms with Gasteiger partial charge >= 0.3 is 0 Å². The highest BCUT2D eigenvalue weighted by Gasteiger charge is 2.15. The maximum absolute atomic E-state index is 12.1. The number of methoxy groups -OCH3 is 1. The monoisotopic (exact) mass is 450 g/mol. The summed E-state index contributed by atoms with van der Waals surface area (Å²) in [7, 11) is 1.67. The zero-order chi connectivity index (χ0) is 23.7. The molecule has 0 fully saturated rings. The van der Waals surface area contributed by atoms with E-state index in [1.54, 1.807) is 13.2 Å². The van der Waals surface area contributed by atoms with Crippen molar-refractivity contribution in [3.05, 3.63) is 102 Å². The van der Waals surface area contributed by atoms with Crippen molar-refractivity contribution in [2.45, 2.75) is 13.5 Å². The number of nitrogens with one attached hydrogen (secondary N) is 2. The molecule has 1 amide bonds. The Labute approximate surface area is 198 Å². The lowest BCUT2D eigenvalue weighted by Gasteiger charge is -2.13. The van der Waals surface area contributed by atoms with Crippen LogP contribution in [0.5, 0.6) is 5.75 Å². The number of benzene rings is 3. The van der Waals surface area contributed by atoms with Crippen LogP contribution in [0.3, 0.4) is 0 Å². The highest BCUT2D eigenvalue weighted by atomic mass is 16.5. The van der Waals surface area contributed by atoms with Gasteiger partial charge in [0.15, 0.2) is 0 Å². The minimum Gasteiger partial charge on any atom is -0.497 e. The third-order valence-corrected chi connectivity index (χ3v) is 6.03. The Kier molecular flexibility index (Phi) is 5.55. The average molecular weight is 451 g/mol. The van der Waals surface area contributed by atoms with Crippen molar-refractivity contribution >= 4 is 28.3 Å². The van der Waals surface area contributed by atoms with Crippen molar-refractivity contribution in [2.24, 2.45) is 5.73 Å². The van der Waals surface area contributed by atoms with Gasteiger partial charge in [0.1, 0.15) is 11.6 Å². The SMILES string of the molecule is COc1ccc(Cn2cccc2Nc2ccc(C(N)=O)c3[nH]c(-c4ccc(C)cc4)cc23)cc1. The molecule has 0 aliphatic rings. The van der Waals surface area contributed by atoms with E-state index in [9.17, 15) is 4.79 Å². The third kappa shape index (κ3) is 4.13. The molecule has 0 saturated heterocycles. The molecule has 0 aliphatic heterocycles. The normalized spacial score (nSPS) is 11.0. The number of hydrogen-bond donors (Lipinski definition) is 3. The predicted molar refractivity (Wildman–Crippen MR) is 137 cm³/mol. The molecule has 0 saturated carbocycles. The molecular formula is C28H26N4O2. The van der Waals surface area contributed by atoms with Crippen molar-refractivity contribution < 1.29 is 9.53 Å². The van der Waals surface area contributed by atoms with Crippen LogP contribution in [0.15, 0.2) is 85.1 Å². The molecule has 0 unspecified atom stereocenters. The van der Waals surface area contributed by atoms with E-state index in [1.807, 2.05) is 36.5 Å². The summed E-state index contributed by atoms with van der Waals surface area (Å²) in [4.78, 5) is 15.5. The summed E-state index contributed by atoms with van der Waals surface area (Å²) >= 11 is 0. The van der Waals surface area contributed by atoms with Gasteiger partial charge in [-0.25, -0.2) is 0 Å². The molecule has 0 radical (unpaired) electrons. The summed E-state index contributed by atoms with van der Waals surface area (Å²) in [5.41, 5.74) is 12.1. The van der Waals surface area contributed by atoms with E-state index in [-0.39, 0.29) is 0 Å². The fourth-order valence-corrected chi connectivity index (χ4v) is 4.15. The first kappa shape index (κ1) is 21.4. The first-order valence-electron chi connectivity index (χ1n) is 11.1. The Balaban J connectivity index is 1.51. The van der Waals surface area contributed by atoms with E-state index in [4.69, 9.17) is 10.5 Å². The molecule has 5 rings (SSSR count).